The SMILES string of the molecule is O=[N+]([O-])c1cc2c(c([N+](=O)[O-])c1)SCCS2. The van der Waals surface area contributed by atoms with Crippen molar-refractivity contribution in [1.82, 2.24) is 0 Å². The zero-order valence-electron chi connectivity index (χ0n) is 7.91. The van der Waals surface area contributed by atoms with Crippen LogP contribution in [0.5, 0.6) is 0 Å². The Hall–Kier alpha value is -1.28. The maximum Gasteiger partial charge on any atom is 0.290 e. The molecule has 84 valence electrons. The van der Waals surface area contributed by atoms with E-state index in [-0.39, 0.29) is 11.4 Å². The molecule has 0 radical (unpaired) electrons. The van der Waals surface area contributed by atoms with E-state index in [1.165, 1.54) is 29.6 Å². The first-order valence-corrected chi connectivity index (χ1v) is 6.29. The Balaban J connectivity index is 2.61. The Morgan fingerprint density at radius 1 is 1.06 bits per heavy atom. The highest BCUT2D eigenvalue weighted by atomic mass is 32.2. The first kappa shape index (κ1) is 11.2. The van der Waals surface area contributed by atoms with Gasteiger partial charge in [-0.25, -0.2) is 0 Å². The van der Waals surface area contributed by atoms with E-state index in [1.807, 2.05) is 0 Å². The molecule has 0 bridgehead atoms. The third-order valence-electron chi connectivity index (χ3n) is 2.01. The number of thioether (sulfide) groups is 2. The highest BCUT2D eigenvalue weighted by Crippen LogP contribution is 2.44. The summed E-state index contributed by atoms with van der Waals surface area (Å²) in [7, 11) is 0. The van der Waals surface area contributed by atoms with Crippen molar-refractivity contribution in [1.29, 1.82) is 0 Å². The summed E-state index contributed by atoms with van der Waals surface area (Å²) in [6.45, 7) is 0. The fraction of sp³-hybridized carbons (Fsp3) is 0.250. The third-order valence-corrected chi connectivity index (χ3v) is 4.57. The van der Waals surface area contributed by atoms with Crippen LogP contribution in [0.15, 0.2) is 21.9 Å². The monoisotopic (exact) mass is 258 g/mol. The molecule has 6 nitrogen and oxygen atoms in total. The average molecular weight is 258 g/mol. The molecule has 0 spiro atoms. The lowest BCUT2D eigenvalue weighted by molar-refractivity contribution is -0.396. The topological polar surface area (TPSA) is 86.3 Å². The second kappa shape index (κ2) is 4.30. The van der Waals surface area contributed by atoms with Crippen LogP contribution in [0.4, 0.5) is 11.4 Å². The van der Waals surface area contributed by atoms with E-state index in [4.69, 9.17) is 0 Å². The molecule has 1 aromatic carbocycles. The second-order valence-corrected chi connectivity index (χ2v) is 5.25. The van der Waals surface area contributed by atoms with Gasteiger partial charge in [0.1, 0.15) is 0 Å². The van der Waals surface area contributed by atoms with Crippen LogP contribution in [0, 0.1) is 20.2 Å². The number of hydrogen-bond acceptors (Lipinski definition) is 6. The van der Waals surface area contributed by atoms with Crippen molar-refractivity contribution in [2.24, 2.45) is 0 Å². The van der Waals surface area contributed by atoms with E-state index >= 15 is 0 Å². The second-order valence-electron chi connectivity index (χ2n) is 3.00. The largest absolute Gasteiger partial charge is 0.290 e. The summed E-state index contributed by atoms with van der Waals surface area (Å²) in [4.78, 5) is 21.5. The lowest BCUT2D eigenvalue weighted by Gasteiger charge is -2.13. The number of nitrogens with zero attached hydrogens (tertiary/aromatic N) is 2. The Labute approximate surface area is 98.7 Å². The molecule has 0 aromatic heterocycles. The first-order valence-electron chi connectivity index (χ1n) is 4.32. The zero-order chi connectivity index (χ0) is 11.7. The van der Waals surface area contributed by atoms with Crippen LogP contribution in [-0.2, 0) is 0 Å². The van der Waals surface area contributed by atoms with Crippen molar-refractivity contribution < 1.29 is 9.85 Å². The maximum absolute atomic E-state index is 10.8. The highest BCUT2D eigenvalue weighted by molar-refractivity contribution is 8.05. The summed E-state index contributed by atoms with van der Waals surface area (Å²) >= 11 is 2.80. The van der Waals surface area contributed by atoms with E-state index in [9.17, 15) is 20.2 Å². The normalized spacial score (nSPS) is 14.2. The standard InChI is InChI=1S/C8H6N2O4S2/c11-9(12)5-3-6(10(13)14)8-7(4-5)15-1-2-16-8/h3-4H,1-2H2. The van der Waals surface area contributed by atoms with Crippen molar-refractivity contribution in [3.8, 4) is 0 Å². The lowest BCUT2D eigenvalue weighted by atomic mass is 10.3. The molecular formula is C8H6N2O4S2. The van der Waals surface area contributed by atoms with Gasteiger partial charge in [0.25, 0.3) is 11.4 Å². The van der Waals surface area contributed by atoms with Crippen LogP contribution >= 0.6 is 23.5 Å². The minimum atomic E-state index is -0.604. The van der Waals surface area contributed by atoms with E-state index in [1.54, 1.807) is 0 Å². The van der Waals surface area contributed by atoms with E-state index in [0.29, 0.717) is 9.79 Å². The maximum atomic E-state index is 10.8. The molecule has 0 saturated carbocycles. The molecule has 0 amide bonds. The summed E-state index contributed by atoms with van der Waals surface area (Å²) in [6.07, 6.45) is 0. The minimum Gasteiger partial charge on any atom is -0.258 e. The van der Waals surface area contributed by atoms with Crippen LogP contribution in [-0.4, -0.2) is 21.4 Å². The Bertz CT molecular complexity index is 477. The molecule has 2 rings (SSSR count). The van der Waals surface area contributed by atoms with Gasteiger partial charge in [-0.2, -0.15) is 0 Å². The number of fused-ring (bicyclic) bond motifs is 1. The van der Waals surface area contributed by atoms with Crippen LogP contribution in [0.3, 0.4) is 0 Å². The van der Waals surface area contributed by atoms with Crippen LogP contribution in [0.25, 0.3) is 0 Å². The number of hydrogen-bond donors (Lipinski definition) is 0. The Morgan fingerprint density at radius 3 is 2.38 bits per heavy atom. The van der Waals surface area contributed by atoms with Gasteiger partial charge in [-0.05, 0) is 0 Å². The van der Waals surface area contributed by atoms with Crippen molar-refractivity contribution in [3.63, 3.8) is 0 Å². The van der Waals surface area contributed by atoms with Crippen molar-refractivity contribution >= 4 is 34.9 Å². The third kappa shape index (κ3) is 1.98. The summed E-state index contributed by atoms with van der Waals surface area (Å²) < 4.78 is 0. The molecule has 0 unspecified atom stereocenters. The number of benzene rings is 1. The van der Waals surface area contributed by atoms with Gasteiger partial charge in [0.2, 0.25) is 0 Å². The van der Waals surface area contributed by atoms with Gasteiger partial charge in [-0.15, -0.1) is 23.5 Å². The molecule has 0 N–H and O–H groups in total. The first-order chi connectivity index (χ1) is 7.59. The summed E-state index contributed by atoms with van der Waals surface area (Å²) in [6, 6.07) is 2.43. The predicted octanol–water partition coefficient (Wildman–Crippen LogP) is 2.70. The molecule has 1 aromatic rings. The van der Waals surface area contributed by atoms with E-state index in [2.05, 4.69) is 0 Å². The van der Waals surface area contributed by atoms with Gasteiger partial charge in [0, 0.05) is 22.5 Å². The molecule has 0 fully saturated rings. The van der Waals surface area contributed by atoms with Crippen LogP contribution in [0.1, 0.15) is 0 Å². The van der Waals surface area contributed by atoms with Gasteiger partial charge in [0.05, 0.1) is 20.8 Å². The van der Waals surface area contributed by atoms with Crippen molar-refractivity contribution in [2.75, 3.05) is 11.5 Å². The Morgan fingerprint density at radius 2 is 1.75 bits per heavy atom. The molecule has 0 atom stereocenters. The predicted molar refractivity (Wildman–Crippen MR) is 61.2 cm³/mol. The minimum absolute atomic E-state index is 0.165. The molecule has 1 heterocycles. The highest BCUT2D eigenvalue weighted by Gasteiger charge is 2.26. The number of nitro groups is 2. The molecular weight excluding hydrogens is 252 g/mol. The molecule has 1 aliphatic heterocycles. The molecule has 0 saturated heterocycles. The van der Waals surface area contributed by atoms with Gasteiger partial charge in [0.15, 0.2) is 0 Å². The number of nitro benzene ring substituents is 2. The fourth-order valence-corrected chi connectivity index (χ4v) is 3.73. The average Bonchev–Trinajstić information content (AvgIpc) is 2.27. The van der Waals surface area contributed by atoms with E-state index < -0.39 is 9.85 Å². The summed E-state index contributed by atoms with van der Waals surface area (Å²) in [5, 5.41) is 21.4. The quantitative estimate of drug-likeness (QED) is 0.598. The molecule has 16 heavy (non-hydrogen) atoms. The lowest BCUT2D eigenvalue weighted by Crippen LogP contribution is -2.01. The van der Waals surface area contributed by atoms with Crippen molar-refractivity contribution in [2.45, 2.75) is 9.79 Å². The van der Waals surface area contributed by atoms with Gasteiger partial charge in [-0.3, -0.25) is 20.2 Å². The molecule has 8 heteroatoms. The molecule has 1 aliphatic rings. The van der Waals surface area contributed by atoms with Gasteiger partial charge in [-0.1, -0.05) is 0 Å². The fourth-order valence-electron chi connectivity index (χ4n) is 1.36. The van der Waals surface area contributed by atoms with Gasteiger partial charge >= 0.3 is 0 Å². The van der Waals surface area contributed by atoms with Crippen LogP contribution in [0.2, 0.25) is 0 Å². The smallest absolute Gasteiger partial charge is 0.258 e. The van der Waals surface area contributed by atoms with Crippen LogP contribution < -0.4 is 0 Å². The zero-order valence-corrected chi connectivity index (χ0v) is 9.55. The van der Waals surface area contributed by atoms with E-state index in [0.717, 1.165) is 17.6 Å². The Kier molecular flexibility index (Phi) is 3.01. The van der Waals surface area contributed by atoms with Crippen molar-refractivity contribution in [3.05, 3.63) is 32.4 Å². The summed E-state index contributed by atoms with van der Waals surface area (Å²) in [5.74, 6) is 1.60. The molecule has 0 aliphatic carbocycles. The number of rotatable bonds is 2. The van der Waals surface area contributed by atoms with Gasteiger partial charge < -0.3 is 0 Å². The number of non-ortho nitro benzene ring substituents is 1. The summed E-state index contributed by atoms with van der Waals surface area (Å²) in [5.41, 5.74) is -0.387.